The van der Waals surface area contributed by atoms with Crippen molar-refractivity contribution < 1.29 is 9.15 Å². The summed E-state index contributed by atoms with van der Waals surface area (Å²) in [4.78, 5) is 0. The van der Waals surface area contributed by atoms with E-state index in [0.717, 1.165) is 86.7 Å². The van der Waals surface area contributed by atoms with E-state index >= 15 is 0 Å². The van der Waals surface area contributed by atoms with Gasteiger partial charge in [-0.1, -0.05) is 42.5 Å². The van der Waals surface area contributed by atoms with Crippen molar-refractivity contribution >= 4 is 17.7 Å². The van der Waals surface area contributed by atoms with Crippen molar-refractivity contribution in [2.45, 2.75) is 76.7 Å². The second-order valence-corrected chi connectivity index (χ2v) is 13.0. The molecule has 8 aliphatic rings. The summed E-state index contributed by atoms with van der Waals surface area (Å²) in [6.45, 7) is 0. The zero-order valence-electron chi connectivity index (χ0n) is 24.0. The molecule has 1 aromatic rings. The van der Waals surface area contributed by atoms with Crippen molar-refractivity contribution in [2.24, 2.45) is 11.8 Å². The number of nitrogens with zero attached hydrogens (tertiary/aromatic N) is 1. The second kappa shape index (κ2) is 9.50. The smallest absolute Gasteiger partial charge is 0.141 e. The van der Waals surface area contributed by atoms with Crippen molar-refractivity contribution in [2.75, 3.05) is 0 Å². The molecule has 208 valence electrons. The van der Waals surface area contributed by atoms with Gasteiger partial charge in [0.25, 0.3) is 0 Å². The standard InChI is InChI=1S/C39H35NO2/c40-22-23-9-11-24(12-10-23)25-15-17-29-26(19-25)13-14-27-20-28(16-18-30(27)29)37-38-33(31-5-1-3-7-35(31)41-38)21-34-32-6-2-4-8-36(32)42-39(34)37/h3-4,7-9,11,16,18-19,21,27,33,38H,1-2,5-6,10,12-15,17,20H2. The Bertz CT molecular complexity index is 1900. The van der Waals surface area contributed by atoms with Gasteiger partial charge in [-0.15, -0.1) is 0 Å². The Labute approximate surface area is 247 Å². The van der Waals surface area contributed by atoms with Gasteiger partial charge in [0.15, 0.2) is 0 Å². The molecular weight excluding hydrogens is 514 g/mol. The average Bonchev–Trinajstić information content (AvgIpc) is 3.61. The highest BCUT2D eigenvalue weighted by Crippen LogP contribution is 2.50. The van der Waals surface area contributed by atoms with Crippen molar-refractivity contribution in [1.29, 1.82) is 5.26 Å². The normalized spacial score (nSPS) is 28.8. The minimum Gasteiger partial charge on any atom is -0.485 e. The molecule has 0 N–H and O–H groups in total. The number of nitriles is 1. The third-order valence-corrected chi connectivity index (χ3v) is 10.8. The van der Waals surface area contributed by atoms with Crippen LogP contribution in [0.4, 0.5) is 0 Å². The van der Waals surface area contributed by atoms with Gasteiger partial charge in [-0.2, -0.15) is 5.26 Å². The maximum Gasteiger partial charge on any atom is 0.141 e. The molecule has 0 saturated carbocycles. The monoisotopic (exact) mass is 549 g/mol. The molecule has 2 heterocycles. The van der Waals surface area contributed by atoms with Crippen LogP contribution in [0.25, 0.3) is 17.7 Å². The van der Waals surface area contributed by atoms with E-state index in [2.05, 4.69) is 60.8 Å². The van der Waals surface area contributed by atoms with Crippen LogP contribution < -0.4 is 10.6 Å². The fraction of sp³-hybridized carbons (Fsp3) is 0.359. The Morgan fingerprint density at radius 3 is 2.62 bits per heavy atom. The summed E-state index contributed by atoms with van der Waals surface area (Å²) in [5.41, 5.74) is 15.2. The van der Waals surface area contributed by atoms with Gasteiger partial charge >= 0.3 is 0 Å². The molecule has 3 heteroatoms. The van der Waals surface area contributed by atoms with Crippen molar-refractivity contribution in [3.8, 4) is 6.07 Å². The lowest BCUT2D eigenvalue weighted by molar-refractivity contribution is 0.182. The first kappa shape index (κ1) is 24.6. The molecule has 0 saturated heterocycles. The lowest BCUT2D eigenvalue weighted by Crippen LogP contribution is -2.39. The first-order valence-corrected chi connectivity index (χ1v) is 16.0. The van der Waals surface area contributed by atoms with Crippen LogP contribution in [0, 0.1) is 23.2 Å². The Morgan fingerprint density at radius 2 is 1.71 bits per heavy atom. The molecule has 0 fully saturated rings. The third kappa shape index (κ3) is 3.70. The number of hydrogen-bond donors (Lipinski definition) is 0. The average molecular weight is 550 g/mol. The van der Waals surface area contributed by atoms with E-state index in [4.69, 9.17) is 9.15 Å². The minimum atomic E-state index is 0.0148. The molecule has 42 heavy (non-hydrogen) atoms. The molecule has 0 spiro atoms. The van der Waals surface area contributed by atoms with Crippen LogP contribution in [0.15, 0.2) is 103 Å². The second-order valence-electron chi connectivity index (χ2n) is 13.0. The van der Waals surface area contributed by atoms with Gasteiger partial charge in [-0.25, -0.2) is 0 Å². The summed E-state index contributed by atoms with van der Waals surface area (Å²) < 4.78 is 13.5. The number of fused-ring (bicyclic) bond motifs is 7. The fourth-order valence-corrected chi connectivity index (χ4v) is 8.74. The summed E-state index contributed by atoms with van der Waals surface area (Å²) in [6, 6.07) is 2.32. The lowest BCUT2D eigenvalue weighted by Gasteiger charge is -2.36. The highest BCUT2D eigenvalue weighted by Gasteiger charge is 2.43. The summed E-state index contributed by atoms with van der Waals surface area (Å²) in [6.07, 6.45) is 34.8. The Balaban J connectivity index is 1.12. The predicted molar refractivity (Wildman–Crippen MR) is 166 cm³/mol. The molecule has 0 aromatic carbocycles. The molecule has 9 rings (SSSR count). The largest absolute Gasteiger partial charge is 0.485 e. The minimum absolute atomic E-state index is 0.0148. The van der Waals surface area contributed by atoms with Gasteiger partial charge in [-0.05, 0) is 134 Å². The molecular formula is C39H35NO2. The van der Waals surface area contributed by atoms with Crippen molar-refractivity contribution in [1.82, 2.24) is 0 Å². The van der Waals surface area contributed by atoms with E-state index in [9.17, 15) is 5.26 Å². The predicted octanol–water partition coefficient (Wildman–Crippen LogP) is 7.66. The first-order chi connectivity index (χ1) is 20.7. The third-order valence-electron chi connectivity index (χ3n) is 10.8. The van der Waals surface area contributed by atoms with E-state index in [1.165, 1.54) is 45.1 Å². The van der Waals surface area contributed by atoms with Crippen LogP contribution in [-0.4, -0.2) is 6.10 Å². The summed E-state index contributed by atoms with van der Waals surface area (Å²) >= 11 is 0. The van der Waals surface area contributed by atoms with Crippen LogP contribution in [0.3, 0.4) is 0 Å². The van der Waals surface area contributed by atoms with Crippen LogP contribution in [0.1, 0.15) is 75.5 Å². The van der Waals surface area contributed by atoms with Gasteiger partial charge in [-0.3, -0.25) is 0 Å². The van der Waals surface area contributed by atoms with Crippen LogP contribution in [0.5, 0.6) is 0 Å². The number of allylic oxidation sites excluding steroid dienone is 14. The molecule has 0 amide bonds. The van der Waals surface area contributed by atoms with Crippen LogP contribution >= 0.6 is 0 Å². The molecule has 0 bridgehead atoms. The maximum atomic E-state index is 9.23. The van der Waals surface area contributed by atoms with Gasteiger partial charge in [0, 0.05) is 27.8 Å². The zero-order valence-corrected chi connectivity index (χ0v) is 24.0. The Hall–Kier alpha value is -4.03. The van der Waals surface area contributed by atoms with E-state index < -0.39 is 0 Å². The van der Waals surface area contributed by atoms with Gasteiger partial charge in [0.05, 0.1) is 6.07 Å². The lowest BCUT2D eigenvalue weighted by atomic mass is 9.68. The van der Waals surface area contributed by atoms with Gasteiger partial charge in [0.2, 0.25) is 0 Å². The highest BCUT2D eigenvalue weighted by atomic mass is 16.5. The van der Waals surface area contributed by atoms with Crippen molar-refractivity contribution in [3.05, 3.63) is 121 Å². The summed E-state index contributed by atoms with van der Waals surface area (Å²) in [5.74, 6) is 3.01. The number of ether oxygens (including phenoxy) is 1. The molecule has 0 radical (unpaired) electrons. The number of furan rings is 1. The first-order valence-electron chi connectivity index (χ1n) is 16.0. The maximum absolute atomic E-state index is 9.23. The van der Waals surface area contributed by atoms with E-state index in [0.29, 0.717) is 11.8 Å². The highest BCUT2D eigenvalue weighted by molar-refractivity contribution is 5.75. The van der Waals surface area contributed by atoms with E-state index in [1.807, 2.05) is 6.08 Å². The van der Waals surface area contributed by atoms with Gasteiger partial charge in [0.1, 0.15) is 23.0 Å². The summed E-state index contributed by atoms with van der Waals surface area (Å²) in [5, 5.41) is 10.6. The molecule has 3 nitrogen and oxygen atoms in total. The van der Waals surface area contributed by atoms with E-state index in [1.54, 1.807) is 16.7 Å². The van der Waals surface area contributed by atoms with Crippen LogP contribution in [-0.2, 0) is 11.2 Å². The molecule has 3 unspecified atom stereocenters. The number of hydrogen-bond acceptors (Lipinski definition) is 3. The molecule has 3 atom stereocenters. The Kier molecular flexibility index (Phi) is 5.55. The quantitative estimate of drug-likeness (QED) is 0.381. The topological polar surface area (TPSA) is 46.2 Å². The Morgan fingerprint density at radius 1 is 0.833 bits per heavy atom. The fourth-order valence-electron chi connectivity index (χ4n) is 8.74. The van der Waals surface area contributed by atoms with Gasteiger partial charge < -0.3 is 9.15 Å². The molecule has 7 aliphatic carbocycles. The van der Waals surface area contributed by atoms with Crippen LogP contribution in [0.2, 0.25) is 0 Å². The van der Waals surface area contributed by atoms with E-state index in [-0.39, 0.29) is 6.10 Å². The van der Waals surface area contributed by atoms with Crippen molar-refractivity contribution in [3.63, 3.8) is 0 Å². The summed E-state index contributed by atoms with van der Waals surface area (Å²) in [7, 11) is 0. The zero-order chi connectivity index (χ0) is 27.8. The number of rotatable bonds is 2. The SMILES string of the molecule is N#CC1=CC=C(C2=CC3=C(CC2)C2=CC=C(C4=c5oc6c(c5=CC5C7=C(C=CCC7)OC45)CCC=C6)CC2CC3)CC1. The molecule has 1 aliphatic heterocycles. The molecule has 1 aromatic heterocycles.